The average Bonchev–Trinajstić information content (AvgIpc) is 3.03. The van der Waals surface area contributed by atoms with Crippen LogP contribution in [0.15, 0.2) is 35.3 Å². The summed E-state index contributed by atoms with van der Waals surface area (Å²) in [5, 5.41) is 31.1. The quantitative estimate of drug-likeness (QED) is 0.0268. The fraction of sp³-hybridized carbons (Fsp3) is 0.567. The second kappa shape index (κ2) is 21.5. The highest BCUT2D eigenvalue weighted by molar-refractivity contribution is 7.80. The summed E-state index contributed by atoms with van der Waals surface area (Å²) < 4.78 is 0. The predicted molar refractivity (Wildman–Crippen MR) is 181 cm³/mol. The highest BCUT2D eigenvalue weighted by Gasteiger charge is 2.31. The molecular formula is C30H49N9O8S. The van der Waals surface area contributed by atoms with Crippen molar-refractivity contribution in [3.63, 3.8) is 0 Å². The zero-order chi connectivity index (χ0) is 36.4. The number of rotatable bonds is 21. The standard InChI is InChI=1S/C30H49N9O8S/c1-16(2)12-21(37-25(42)19(31)14-40)27(44)35-17(3)24(41)36-20(10-7-11-34-30(32)33)26(43)38-22(13-18-8-5-4-6-9-18)28(45)39-23(15-48)29(46)47/h4-6,8-9,16-17,19-23,40,48H,7,10-15,31H2,1-3H3,(H,35,44)(H,36,41)(H,37,42)(H,38,43)(H,39,45)(H,46,47)(H4,32,33,34)/t17-,19-,20-,21-,22-,23-/m0/s1. The first-order chi connectivity index (χ1) is 22.6. The van der Waals surface area contributed by atoms with Crippen LogP contribution in [0.25, 0.3) is 0 Å². The third kappa shape index (κ3) is 15.4. The summed E-state index contributed by atoms with van der Waals surface area (Å²) in [6, 6.07) is 1.42. The minimum atomic E-state index is -1.32. The molecule has 48 heavy (non-hydrogen) atoms. The van der Waals surface area contributed by atoms with E-state index in [1.165, 1.54) is 6.92 Å². The Morgan fingerprint density at radius 1 is 0.792 bits per heavy atom. The topological polar surface area (TPSA) is 293 Å². The second-order valence-corrected chi connectivity index (χ2v) is 11.9. The van der Waals surface area contributed by atoms with Gasteiger partial charge >= 0.3 is 5.97 Å². The molecule has 1 aromatic carbocycles. The number of aliphatic imine (C=N–C) groups is 1. The third-order valence-corrected chi connectivity index (χ3v) is 7.28. The number of hydrogen-bond acceptors (Lipinski definition) is 10. The smallest absolute Gasteiger partial charge is 0.327 e. The first-order valence-corrected chi connectivity index (χ1v) is 16.0. The molecule has 0 saturated heterocycles. The van der Waals surface area contributed by atoms with E-state index in [2.05, 4.69) is 44.2 Å². The van der Waals surface area contributed by atoms with Crippen molar-refractivity contribution in [3.8, 4) is 0 Å². The summed E-state index contributed by atoms with van der Waals surface area (Å²) in [5.41, 5.74) is 17.0. The Morgan fingerprint density at radius 3 is 1.88 bits per heavy atom. The van der Waals surface area contributed by atoms with Crippen LogP contribution in [0.4, 0.5) is 0 Å². The van der Waals surface area contributed by atoms with Gasteiger partial charge in [-0.2, -0.15) is 12.6 Å². The molecule has 1 aromatic rings. The maximum atomic E-state index is 13.6. The number of aliphatic hydroxyl groups is 1. The molecule has 18 heteroatoms. The first-order valence-electron chi connectivity index (χ1n) is 15.4. The fourth-order valence-electron chi connectivity index (χ4n) is 4.30. The predicted octanol–water partition coefficient (Wildman–Crippen LogP) is -2.89. The van der Waals surface area contributed by atoms with E-state index in [4.69, 9.17) is 17.2 Å². The van der Waals surface area contributed by atoms with Crippen LogP contribution in [-0.4, -0.2) is 107 Å². The minimum absolute atomic E-state index is 0.00134. The van der Waals surface area contributed by atoms with E-state index >= 15 is 0 Å². The van der Waals surface area contributed by atoms with E-state index in [9.17, 15) is 39.0 Å². The van der Waals surface area contributed by atoms with Crippen molar-refractivity contribution in [1.82, 2.24) is 26.6 Å². The normalized spacial score (nSPS) is 14.6. The summed E-state index contributed by atoms with van der Waals surface area (Å²) in [6.45, 7) is 4.52. The molecule has 0 heterocycles. The monoisotopic (exact) mass is 695 g/mol. The molecule has 0 aliphatic rings. The van der Waals surface area contributed by atoms with Gasteiger partial charge in [0.25, 0.3) is 0 Å². The van der Waals surface area contributed by atoms with Crippen LogP contribution >= 0.6 is 12.6 Å². The SMILES string of the molecule is CC(C)C[C@H](NC(=O)[C@@H](N)CO)C(=O)N[C@@H](C)C(=O)N[C@@H](CCCN=C(N)N)C(=O)N[C@@H](Cc1ccccc1)C(=O)N[C@@H](CS)C(=O)O. The fourth-order valence-corrected chi connectivity index (χ4v) is 4.55. The molecule has 0 saturated carbocycles. The van der Waals surface area contributed by atoms with Gasteiger partial charge in [0.15, 0.2) is 5.96 Å². The number of benzene rings is 1. The summed E-state index contributed by atoms with van der Waals surface area (Å²) in [4.78, 5) is 80.8. The highest BCUT2D eigenvalue weighted by atomic mass is 32.1. The van der Waals surface area contributed by atoms with Crippen molar-refractivity contribution in [2.75, 3.05) is 18.9 Å². The zero-order valence-corrected chi connectivity index (χ0v) is 28.2. The van der Waals surface area contributed by atoms with Gasteiger partial charge in [-0.1, -0.05) is 44.2 Å². The molecule has 0 aliphatic heterocycles. The molecule has 0 bridgehead atoms. The second-order valence-electron chi connectivity index (χ2n) is 11.6. The van der Waals surface area contributed by atoms with Gasteiger partial charge in [-0.25, -0.2) is 4.79 Å². The van der Waals surface area contributed by atoms with Crippen LogP contribution in [0.2, 0.25) is 0 Å². The number of aliphatic hydroxyl groups excluding tert-OH is 1. The highest BCUT2D eigenvalue weighted by Crippen LogP contribution is 2.08. The number of carbonyl (C=O) groups excluding carboxylic acids is 5. The number of aliphatic carboxylic acids is 1. The number of nitrogens with zero attached hydrogens (tertiary/aromatic N) is 1. The molecule has 0 radical (unpaired) electrons. The number of hydrogen-bond donors (Lipinski definition) is 11. The van der Waals surface area contributed by atoms with E-state index in [0.29, 0.717) is 5.56 Å². The number of carbonyl (C=O) groups is 6. The average molecular weight is 696 g/mol. The van der Waals surface area contributed by atoms with Crippen LogP contribution in [0, 0.1) is 5.92 Å². The first kappa shape index (κ1) is 41.6. The molecule has 13 N–H and O–H groups in total. The third-order valence-electron chi connectivity index (χ3n) is 6.92. The number of thiol groups is 1. The van der Waals surface area contributed by atoms with Crippen LogP contribution < -0.4 is 43.8 Å². The van der Waals surface area contributed by atoms with Gasteiger partial charge in [0, 0.05) is 18.7 Å². The maximum Gasteiger partial charge on any atom is 0.327 e. The maximum absolute atomic E-state index is 13.6. The molecular weight excluding hydrogens is 646 g/mol. The lowest BCUT2D eigenvalue weighted by Gasteiger charge is -2.26. The number of nitrogens with two attached hydrogens (primary N) is 3. The van der Waals surface area contributed by atoms with E-state index < -0.39 is 78.4 Å². The molecule has 268 valence electrons. The molecule has 5 amide bonds. The zero-order valence-electron chi connectivity index (χ0n) is 27.3. The van der Waals surface area contributed by atoms with Crippen LogP contribution in [0.1, 0.15) is 45.6 Å². The molecule has 6 atom stereocenters. The Kier molecular flexibility index (Phi) is 18.6. The lowest BCUT2D eigenvalue weighted by atomic mass is 10.0. The molecule has 0 fully saturated rings. The molecule has 1 rings (SSSR count). The van der Waals surface area contributed by atoms with Crippen LogP contribution in [0.3, 0.4) is 0 Å². The number of carboxylic acid groups (broad SMARTS) is 1. The van der Waals surface area contributed by atoms with Gasteiger partial charge in [-0.05, 0) is 37.7 Å². The number of nitrogens with one attached hydrogen (secondary N) is 5. The van der Waals surface area contributed by atoms with E-state index in [1.807, 2.05) is 13.8 Å². The molecule has 0 unspecified atom stereocenters. The van der Waals surface area contributed by atoms with Gasteiger partial charge in [0.2, 0.25) is 29.5 Å². The number of carboxylic acids is 1. The summed E-state index contributed by atoms with van der Waals surface area (Å²) in [6.07, 6.45) is 0.469. The lowest BCUT2D eigenvalue weighted by Crippen LogP contribution is -2.59. The largest absolute Gasteiger partial charge is 0.480 e. The Labute approximate surface area is 285 Å². The van der Waals surface area contributed by atoms with Gasteiger partial charge in [0.1, 0.15) is 36.3 Å². The summed E-state index contributed by atoms with van der Waals surface area (Å²) >= 11 is 3.98. The Balaban J connectivity index is 3.19. The molecule has 0 spiro atoms. The van der Waals surface area contributed by atoms with Gasteiger partial charge < -0.3 is 54.0 Å². The van der Waals surface area contributed by atoms with Gasteiger partial charge in [-0.15, -0.1) is 0 Å². The van der Waals surface area contributed by atoms with Gasteiger partial charge in [0.05, 0.1) is 6.61 Å². The molecule has 0 aliphatic carbocycles. The van der Waals surface area contributed by atoms with Crippen molar-refractivity contribution in [1.29, 1.82) is 0 Å². The summed E-state index contributed by atoms with van der Waals surface area (Å²) in [7, 11) is 0. The van der Waals surface area contributed by atoms with E-state index in [1.54, 1.807) is 30.3 Å². The van der Waals surface area contributed by atoms with Crippen molar-refractivity contribution in [2.45, 2.75) is 82.7 Å². The van der Waals surface area contributed by atoms with Crippen molar-refractivity contribution in [2.24, 2.45) is 28.1 Å². The minimum Gasteiger partial charge on any atom is -0.480 e. The number of guanidine groups is 1. The van der Waals surface area contributed by atoms with Crippen molar-refractivity contribution in [3.05, 3.63) is 35.9 Å². The van der Waals surface area contributed by atoms with E-state index in [-0.39, 0.29) is 49.9 Å². The lowest BCUT2D eigenvalue weighted by molar-refractivity contribution is -0.141. The number of amides is 5. The van der Waals surface area contributed by atoms with Crippen molar-refractivity contribution < 1.29 is 39.0 Å². The Morgan fingerprint density at radius 2 is 1.33 bits per heavy atom. The molecule has 0 aromatic heterocycles. The summed E-state index contributed by atoms with van der Waals surface area (Å²) in [5.74, 6) is -5.43. The van der Waals surface area contributed by atoms with Crippen LogP contribution in [-0.2, 0) is 35.2 Å². The van der Waals surface area contributed by atoms with E-state index in [0.717, 1.165) is 0 Å². The van der Waals surface area contributed by atoms with Gasteiger partial charge in [-0.3, -0.25) is 29.0 Å². The molecule has 17 nitrogen and oxygen atoms in total. The van der Waals surface area contributed by atoms with Crippen molar-refractivity contribution >= 4 is 54.1 Å². The van der Waals surface area contributed by atoms with Crippen LogP contribution in [0.5, 0.6) is 0 Å². The Hall–Kier alpha value is -4.42. The Bertz CT molecular complexity index is 1260.